The molecule has 0 fully saturated rings. The Kier molecular flexibility index (Phi) is 1.58. The summed E-state index contributed by atoms with van der Waals surface area (Å²) in [7, 11) is 0. The lowest BCUT2D eigenvalue weighted by Crippen LogP contribution is -2.02. The Morgan fingerprint density at radius 3 is 2.78 bits per heavy atom. The molecule has 46 valence electrons. The van der Waals surface area contributed by atoms with Crippen molar-refractivity contribution in [2.24, 2.45) is 0 Å². The summed E-state index contributed by atoms with van der Waals surface area (Å²) < 4.78 is 0. The zero-order chi connectivity index (χ0) is 6.69. The van der Waals surface area contributed by atoms with Crippen LogP contribution in [0, 0.1) is 10.8 Å². The Morgan fingerprint density at radius 2 is 2.33 bits per heavy atom. The van der Waals surface area contributed by atoms with Gasteiger partial charge in [-0.25, -0.2) is 0 Å². The van der Waals surface area contributed by atoms with Gasteiger partial charge in [0.2, 0.25) is 0 Å². The molecule has 2 heteroatoms. The van der Waals surface area contributed by atoms with Crippen LogP contribution in [-0.2, 0) is 0 Å². The van der Waals surface area contributed by atoms with E-state index in [1.807, 2.05) is 12.2 Å². The van der Waals surface area contributed by atoms with Gasteiger partial charge >= 0.3 is 0 Å². The molecule has 0 saturated heterocycles. The van der Waals surface area contributed by atoms with E-state index >= 15 is 0 Å². The largest absolute Gasteiger partial charge is 0.308 e. The van der Waals surface area contributed by atoms with Gasteiger partial charge < -0.3 is 10.8 Å². The van der Waals surface area contributed by atoms with E-state index in [0.29, 0.717) is 12.1 Å². The van der Waals surface area contributed by atoms with Crippen LogP contribution in [0.4, 0.5) is 0 Å². The van der Waals surface area contributed by atoms with Crippen molar-refractivity contribution in [1.82, 2.24) is 0 Å². The molecule has 0 aromatic carbocycles. The maximum absolute atomic E-state index is 7.28. The second-order valence-electron chi connectivity index (χ2n) is 1.88. The highest BCUT2D eigenvalue weighted by molar-refractivity contribution is 6.15. The first-order valence-electron chi connectivity index (χ1n) is 2.79. The SMILES string of the molecule is N=CC1=CC=CCC1=N. The molecule has 0 atom stereocenters. The van der Waals surface area contributed by atoms with Crippen molar-refractivity contribution >= 4 is 11.9 Å². The molecule has 0 saturated carbocycles. The fourth-order valence-electron chi connectivity index (χ4n) is 0.711. The van der Waals surface area contributed by atoms with Gasteiger partial charge in [0.05, 0.1) is 0 Å². The summed E-state index contributed by atoms with van der Waals surface area (Å²) in [6.45, 7) is 0. The molecule has 0 aromatic rings. The minimum atomic E-state index is 0.535. The Hall–Kier alpha value is -1.18. The van der Waals surface area contributed by atoms with Crippen molar-refractivity contribution in [1.29, 1.82) is 10.8 Å². The van der Waals surface area contributed by atoms with Crippen LogP contribution in [0.15, 0.2) is 23.8 Å². The van der Waals surface area contributed by atoms with Crippen molar-refractivity contribution < 1.29 is 0 Å². The molecule has 0 amide bonds. The molecular weight excluding hydrogens is 112 g/mol. The van der Waals surface area contributed by atoms with Gasteiger partial charge in [0.25, 0.3) is 0 Å². The van der Waals surface area contributed by atoms with Crippen LogP contribution in [-0.4, -0.2) is 11.9 Å². The van der Waals surface area contributed by atoms with Gasteiger partial charge in [-0.05, 0) is 0 Å². The number of nitrogens with one attached hydrogen (secondary N) is 2. The molecule has 0 bridgehead atoms. The molecular formula is C7H8N2. The van der Waals surface area contributed by atoms with Gasteiger partial charge in [-0.1, -0.05) is 18.2 Å². The van der Waals surface area contributed by atoms with E-state index in [1.54, 1.807) is 6.08 Å². The summed E-state index contributed by atoms with van der Waals surface area (Å²) >= 11 is 0. The van der Waals surface area contributed by atoms with Gasteiger partial charge in [0.1, 0.15) is 0 Å². The molecule has 1 aliphatic carbocycles. The van der Waals surface area contributed by atoms with Crippen LogP contribution in [0.1, 0.15) is 6.42 Å². The lowest BCUT2D eigenvalue weighted by Gasteiger charge is -2.02. The molecule has 9 heavy (non-hydrogen) atoms. The maximum atomic E-state index is 7.28. The summed E-state index contributed by atoms with van der Waals surface area (Å²) in [5.74, 6) is 0. The van der Waals surface area contributed by atoms with Gasteiger partial charge in [-0.3, -0.25) is 0 Å². The average Bonchev–Trinajstić information content (AvgIpc) is 1.89. The fourth-order valence-corrected chi connectivity index (χ4v) is 0.711. The quantitative estimate of drug-likeness (QED) is 0.493. The number of hydrogen-bond donors (Lipinski definition) is 2. The number of allylic oxidation sites excluding steroid dienone is 4. The van der Waals surface area contributed by atoms with Crippen LogP contribution in [0.3, 0.4) is 0 Å². The molecule has 1 aliphatic rings. The number of rotatable bonds is 1. The Morgan fingerprint density at radius 1 is 1.56 bits per heavy atom. The third kappa shape index (κ3) is 1.13. The zero-order valence-corrected chi connectivity index (χ0v) is 5.02. The van der Waals surface area contributed by atoms with Crippen molar-refractivity contribution in [3.05, 3.63) is 23.8 Å². The Bertz CT molecular complexity index is 199. The third-order valence-electron chi connectivity index (χ3n) is 1.24. The molecule has 0 aliphatic heterocycles. The lowest BCUT2D eigenvalue weighted by molar-refractivity contribution is 1.35. The summed E-state index contributed by atoms with van der Waals surface area (Å²) in [4.78, 5) is 0. The van der Waals surface area contributed by atoms with E-state index in [4.69, 9.17) is 10.8 Å². The highest BCUT2D eigenvalue weighted by Crippen LogP contribution is 2.04. The van der Waals surface area contributed by atoms with E-state index in [9.17, 15) is 0 Å². The normalized spacial score (nSPS) is 17.3. The van der Waals surface area contributed by atoms with Crippen molar-refractivity contribution in [3.8, 4) is 0 Å². The van der Waals surface area contributed by atoms with E-state index in [0.717, 1.165) is 5.57 Å². The molecule has 0 aromatic heterocycles. The van der Waals surface area contributed by atoms with Crippen molar-refractivity contribution in [3.63, 3.8) is 0 Å². The van der Waals surface area contributed by atoms with Crippen LogP contribution < -0.4 is 0 Å². The standard InChI is InChI=1S/C7H8N2/c8-5-6-3-1-2-4-7(6)9/h1-3,5,8-9H,4H2. The summed E-state index contributed by atoms with van der Waals surface area (Å²) in [5, 5.41) is 14.1. The predicted octanol–water partition coefficient (Wildman–Crippen LogP) is 1.54. The number of hydrogen-bond acceptors (Lipinski definition) is 2. The zero-order valence-electron chi connectivity index (χ0n) is 5.02. The van der Waals surface area contributed by atoms with Crippen LogP contribution in [0.2, 0.25) is 0 Å². The van der Waals surface area contributed by atoms with E-state index < -0.39 is 0 Å². The first-order chi connectivity index (χ1) is 4.34. The Labute approximate surface area is 53.9 Å². The third-order valence-corrected chi connectivity index (χ3v) is 1.24. The van der Waals surface area contributed by atoms with Crippen LogP contribution in [0.5, 0.6) is 0 Å². The molecule has 0 radical (unpaired) electrons. The van der Waals surface area contributed by atoms with E-state index in [-0.39, 0.29) is 0 Å². The monoisotopic (exact) mass is 120 g/mol. The smallest absolute Gasteiger partial charge is 0.0439 e. The second-order valence-corrected chi connectivity index (χ2v) is 1.88. The lowest BCUT2D eigenvalue weighted by atomic mass is 10.0. The topological polar surface area (TPSA) is 47.7 Å². The van der Waals surface area contributed by atoms with E-state index in [2.05, 4.69) is 0 Å². The first-order valence-corrected chi connectivity index (χ1v) is 2.79. The molecule has 0 heterocycles. The maximum Gasteiger partial charge on any atom is 0.0439 e. The van der Waals surface area contributed by atoms with Gasteiger partial charge in [-0.15, -0.1) is 0 Å². The van der Waals surface area contributed by atoms with Gasteiger partial charge in [0, 0.05) is 23.9 Å². The summed E-state index contributed by atoms with van der Waals surface area (Å²) in [6.07, 6.45) is 7.44. The second kappa shape index (κ2) is 2.40. The predicted molar refractivity (Wildman–Crippen MR) is 38.4 cm³/mol. The van der Waals surface area contributed by atoms with Gasteiger partial charge in [-0.2, -0.15) is 0 Å². The van der Waals surface area contributed by atoms with Crippen molar-refractivity contribution in [2.45, 2.75) is 6.42 Å². The summed E-state index contributed by atoms with van der Waals surface area (Å²) in [6, 6.07) is 0. The highest BCUT2D eigenvalue weighted by atomic mass is 14.4. The van der Waals surface area contributed by atoms with E-state index in [1.165, 1.54) is 6.21 Å². The fraction of sp³-hybridized carbons (Fsp3) is 0.143. The molecule has 2 nitrogen and oxygen atoms in total. The Balaban J connectivity index is 2.86. The molecule has 1 rings (SSSR count). The van der Waals surface area contributed by atoms with Crippen LogP contribution >= 0.6 is 0 Å². The minimum Gasteiger partial charge on any atom is -0.308 e. The first kappa shape index (κ1) is 5.95. The highest BCUT2D eigenvalue weighted by Gasteiger charge is 2.01. The van der Waals surface area contributed by atoms with Crippen molar-refractivity contribution in [2.75, 3.05) is 0 Å². The van der Waals surface area contributed by atoms with Crippen LogP contribution in [0.25, 0.3) is 0 Å². The molecule has 0 unspecified atom stereocenters. The average molecular weight is 120 g/mol. The van der Waals surface area contributed by atoms with Gasteiger partial charge in [0.15, 0.2) is 0 Å². The summed E-state index contributed by atoms with van der Waals surface area (Å²) in [5.41, 5.74) is 1.25. The molecule has 2 N–H and O–H groups in total. The minimum absolute atomic E-state index is 0.535. The molecule has 0 spiro atoms.